The highest BCUT2D eigenvalue weighted by molar-refractivity contribution is 5.79. The molecule has 25 heavy (non-hydrogen) atoms. The summed E-state index contributed by atoms with van der Waals surface area (Å²) < 4.78 is 10.4. The Bertz CT molecular complexity index is 565. The molecule has 0 bridgehead atoms. The highest BCUT2D eigenvalue weighted by atomic mass is 16.5. The van der Waals surface area contributed by atoms with Gasteiger partial charge in [0.1, 0.15) is 5.75 Å². The van der Waals surface area contributed by atoms with Crippen molar-refractivity contribution in [3.05, 3.63) is 29.8 Å². The molecule has 2 aliphatic rings. The second-order valence-electron chi connectivity index (χ2n) is 7.27. The van der Waals surface area contributed by atoms with Crippen LogP contribution in [0.1, 0.15) is 44.1 Å². The predicted molar refractivity (Wildman–Crippen MR) is 97.6 cm³/mol. The molecule has 1 N–H and O–H groups in total. The maximum Gasteiger partial charge on any atom is 0.223 e. The summed E-state index contributed by atoms with van der Waals surface area (Å²) >= 11 is 0. The van der Waals surface area contributed by atoms with Crippen molar-refractivity contribution >= 4 is 5.91 Å². The number of benzene rings is 1. The largest absolute Gasteiger partial charge is 0.497 e. The van der Waals surface area contributed by atoms with Crippen LogP contribution < -0.4 is 10.1 Å². The van der Waals surface area contributed by atoms with Gasteiger partial charge in [0.2, 0.25) is 5.91 Å². The molecular formula is C20H30N2O3. The van der Waals surface area contributed by atoms with Crippen molar-refractivity contribution in [2.75, 3.05) is 27.4 Å². The van der Waals surface area contributed by atoms with E-state index in [2.05, 4.69) is 22.3 Å². The first-order valence-corrected chi connectivity index (χ1v) is 9.32. The second-order valence-corrected chi connectivity index (χ2v) is 7.27. The van der Waals surface area contributed by atoms with Gasteiger partial charge in [-0.3, -0.25) is 4.79 Å². The summed E-state index contributed by atoms with van der Waals surface area (Å²) in [7, 11) is 3.39. The predicted octanol–water partition coefficient (Wildman–Crippen LogP) is 2.74. The molecule has 138 valence electrons. The van der Waals surface area contributed by atoms with Crippen molar-refractivity contribution in [3.63, 3.8) is 0 Å². The maximum atomic E-state index is 12.2. The lowest BCUT2D eigenvalue weighted by Crippen LogP contribution is -2.51. The number of carbonyl (C=O) groups is 1. The molecule has 5 nitrogen and oxygen atoms in total. The molecule has 1 aromatic carbocycles. The normalized spacial score (nSPS) is 26.4. The Labute approximate surface area is 150 Å². The van der Waals surface area contributed by atoms with Crippen molar-refractivity contribution in [2.45, 2.75) is 56.7 Å². The molecule has 5 heteroatoms. The SMILES string of the molecule is COCCN1C(=O)CCC12CCC(NCc1ccc(OC)cc1)CC2. The highest BCUT2D eigenvalue weighted by Gasteiger charge is 2.46. The van der Waals surface area contributed by atoms with Crippen LogP contribution in [0.15, 0.2) is 24.3 Å². The van der Waals surface area contributed by atoms with Gasteiger partial charge in [0.05, 0.1) is 13.7 Å². The summed E-state index contributed by atoms with van der Waals surface area (Å²) in [5, 5.41) is 3.68. The monoisotopic (exact) mass is 346 g/mol. The third-order valence-electron chi connectivity index (χ3n) is 5.87. The van der Waals surface area contributed by atoms with Gasteiger partial charge in [-0.2, -0.15) is 0 Å². The summed E-state index contributed by atoms with van der Waals surface area (Å²) in [5.41, 5.74) is 1.37. The zero-order chi connectivity index (χ0) is 17.7. The smallest absolute Gasteiger partial charge is 0.223 e. The van der Waals surface area contributed by atoms with Gasteiger partial charge in [-0.1, -0.05) is 12.1 Å². The van der Waals surface area contributed by atoms with Crippen molar-refractivity contribution in [1.29, 1.82) is 0 Å². The lowest BCUT2D eigenvalue weighted by atomic mass is 9.77. The first-order chi connectivity index (χ1) is 12.2. The molecule has 1 amide bonds. The third-order valence-corrected chi connectivity index (χ3v) is 5.87. The van der Waals surface area contributed by atoms with Crippen LogP contribution in [0.3, 0.4) is 0 Å². The minimum absolute atomic E-state index is 0.0912. The number of ether oxygens (including phenoxy) is 2. The summed E-state index contributed by atoms with van der Waals surface area (Å²) in [6, 6.07) is 8.76. The van der Waals surface area contributed by atoms with Crippen molar-refractivity contribution in [3.8, 4) is 5.75 Å². The van der Waals surface area contributed by atoms with E-state index >= 15 is 0 Å². The molecule has 1 spiro atoms. The number of hydrogen-bond donors (Lipinski definition) is 1. The van der Waals surface area contributed by atoms with Gasteiger partial charge in [0.25, 0.3) is 0 Å². The van der Waals surface area contributed by atoms with Crippen LogP contribution in [0.4, 0.5) is 0 Å². The number of rotatable bonds is 7. The van der Waals surface area contributed by atoms with E-state index in [9.17, 15) is 4.79 Å². The van der Waals surface area contributed by atoms with Crippen LogP contribution >= 0.6 is 0 Å². The number of nitrogens with one attached hydrogen (secondary N) is 1. The molecule has 1 aromatic rings. The van der Waals surface area contributed by atoms with Crippen LogP contribution in [0, 0.1) is 0 Å². The number of methoxy groups -OCH3 is 2. The molecule has 1 heterocycles. The quantitative estimate of drug-likeness (QED) is 0.825. The van der Waals surface area contributed by atoms with Crippen LogP contribution in [0.25, 0.3) is 0 Å². The fourth-order valence-electron chi connectivity index (χ4n) is 4.30. The van der Waals surface area contributed by atoms with Crippen molar-refractivity contribution < 1.29 is 14.3 Å². The Morgan fingerprint density at radius 3 is 2.52 bits per heavy atom. The zero-order valence-electron chi connectivity index (χ0n) is 15.4. The molecule has 0 radical (unpaired) electrons. The highest BCUT2D eigenvalue weighted by Crippen LogP contribution is 2.42. The van der Waals surface area contributed by atoms with E-state index in [1.165, 1.54) is 5.56 Å². The zero-order valence-corrected chi connectivity index (χ0v) is 15.4. The maximum absolute atomic E-state index is 12.2. The summed E-state index contributed by atoms with van der Waals surface area (Å²) in [6.07, 6.45) is 6.18. The minimum atomic E-state index is 0.0912. The van der Waals surface area contributed by atoms with Gasteiger partial charge in [-0.05, 0) is 49.8 Å². The van der Waals surface area contributed by atoms with Gasteiger partial charge in [-0.25, -0.2) is 0 Å². The van der Waals surface area contributed by atoms with E-state index in [-0.39, 0.29) is 5.54 Å². The number of carbonyl (C=O) groups excluding carboxylic acids is 1. The van der Waals surface area contributed by atoms with E-state index in [0.717, 1.165) is 50.9 Å². The van der Waals surface area contributed by atoms with Crippen molar-refractivity contribution in [2.24, 2.45) is 0 Å². The van der Waals surface area contributed by atoms with Gasteiger partial charge in [0.15, 0.2) is 0 Å². The average Bonchev–Trinajstić information content (AvgIpc) is 2.95. The Balaban J connectivity index is 1.50. The third kappa shape index (κ3) is 4.15. The van der Waals surface area contributed by atoms with Gasteiger partial charge < -0.3 is 19.7 Å². The molecule has 2 fully saturated rings. The molecule has 1 saturated heterocycles. The van der Waals surface area contributed by atoms with Crippen LogP contribution in [0.2, 0.25) is 0 Å². The van der Waals surface area contributed by atoms with Gasteiger partial charge >= 0.3 is 0 Å². The summed E-state index contributed by atoms with van der Waals surface area (Å²) in [5.74, 6) is 1.20. The Morgan fingerprint density at radius 2 is 1.88 bits per heavy atom. The fraction of sp³-hybridized carbons (Fsp3) is 0.650. The van der Waals surface area contributed by atoms with E-state index in [4.69, 9.17) is 9.47 Å². The van der Waals surface area contributed by atoms with E-state index < -0.39 is 0 Å². The standard InChI is InChI=1S/C20H30N2O3/c1-24-14-13-22-19(23)9-12-20(22)10-7-17(8-11-20)21-15-16-3-5-18(25-2)6-4-16/h3-6,17,21H,7-15H2,1-2H3. The fourth-order valence-corrected chi connectivity index (χ4v) is 4.30. The van der Waals surface area contributed by atoms with E-state index in [1.54, 1.807) is 14.2 Å². The second kappa shape index (κ2) is 8.19. The first kappa shape index (κ1) is 18.2. The molecule has 1 saturated carbocycles. The van der Waals surface area contributed by atoms with Crippen LogP contribution in [0.5, 0.6) is 5.75 Å². The van der Waals surface area contributed by atoms with Gasteiger partial charge in [0, 0.05) is 38.2 Å². The molecule has 0 aromatic heterocycles. The Hall–Kier alpha value is -1.59. The molecule has 1 aliphatic heterocycles. The number of nitrogens with zero attached hydrogens (tertiary/aromatic N) is 1. The first-order valence-electron chi connectivity index (χ1n) is 9.32. The van der Waals surface area contributed by atoms with Crippen molar-refractivity contribution in [1.82, 2.24) is 10.2 Å². The minimum Gasteiger partial charge on any atom is -0.497 e. The molecular weight excluding hydrogens is 316 g/mol. The lowest BCUT2D eigenvalue weighted by molar-refractivity contribution is -0.133. The molecule has 1 aliphatic carbocycles. The number of likely N-dealkylation sites (tertiary alicyclic amines) is 1. The number of amides is 1. The Kier molecular flexibility index (Phi) is 5.97. The van der Waals surface area contributed by atoms with E-state index in [0.29, 0.717) is 25.0 Å². The average molecular weight is 346 g/mol. The Morgan fingerprint density at radius 1 is 1.16 bits per heavy atom. The molecule has 0 atom stereocenters. The topological polar surface area (TPSA) is 50.8 Å². The van der Waals surface area contributed by atoms with Crippen LogP contribution in [-0.4, -0.2) is 49.8 Å². The van der Waals surface area contributed by atoms with Gasteiger partial charge in [-0.15, -0.1) is 0 Å². The summed E-state index contributed by atoms with van der Waals surface area (Å²) in [4.78, 5) is 14.3. The van der Waals surface area contributed by atoms with E-state index in [1.807, 2.05) is 12.1 Å². The summed E-state index contributed by atoms with van der Waals surface area (Å²) in [6.45, 7) is 2.25. The molecule has 0 unspecified atom stereocenters. The lowest BCUT2D eigenvalue weighted by Gasteiger charge is -2.44. The van der Waals surface area contributed by atoms with Crippen LogP contribution in [-0.2, 0) is 16.1 Å². The molecule has 3 rings (SSSR count). The number of hydrogen-bond acceptors (Lipinski definition) is 4.